The Kier molecular flexibility index (Phi) is 6.54. The van der Waals surface area contributed by atoms with E-state index in [-0.39, 0.29) is 29.6 Å². The van der Waals surface area contributed by atoms with E-state index in [1.165, 1.54) is 18.2 Å². The predicted molar refractivity (Wildman–Crippen MR) is 83.3 cm³/mol. The molecule has 1 rings (SSSR count). The molecule has 1 aromatic carbocycles. The molecule has 0 spiro atoms. The van der Waals surface area contributed by atoms with Crippen LogP contribution in [0.25, 0.3) is 0 Å². The summed E-state index contributed by atoms with van der Waals surface area (Å²) in [6.45, 7) is 7.53. The van der Waals surface area contributed by atoms with Gasteiger partial charge in [-0.25, -0.2) is 12.8 Å². The lowest BCUT2D eigenvalue weighted by molar-refractivity contribution is 0.473. The molecule has 0 atom stereocenters. The topological polar surface area (TPSA) is 49.4 Å². The molecule has 116 valence electrons. The van der Waals surface area contributed by atoms with Gasteiger partial charge >= 0.3 is 0 Å². The van der Waals surface area contributed by atoms with E-state index in [1.807, 2.05) is 0 Å². The van der Waals surface area contributed by atoms with Crippen LogP contribution in [0, 0.1) is 5.82 Å². The lowest BCUT2D eigenvalue weighted by Crippen LogP contribution is -2.31. The van der Waals surface area contributed by atoms with Crippen LogP contribution in [0.4, 0.5) is 4.39 Å². The third-order valence-electron chi connectivity index (χ3n) is 2.75. The molecule has 1 aromatic rings. The number of rotatable bonds is 8. The van der Waals surface area contributed by atoms with E-state index in [1.54, 1.807) is 7.05 Å². The molecule has 0 heterocycles. The molecule has 0 unspecified atom stereocenters. The van der Waals surface area contributed by atoms with E-state index in [2.05, 4.69) is 18.5 Å². The minimum Gasteiger partial charge on any atom is -0.316 e. The fourth-order valence-corrected chi connectivity index (χ4v) is 3.42. The first kappa shape index (κ1) is 17.8. The minimum atomic E-state index is -3.84. The summed E-state index contributed by atoms with van der Waals surface area (Å²) in [6.07, 6.45) is 2.92. The minimum absolute atomic E-state index is 0.0812. The van der Waals surface area contributed by atoms with E-state index >= 15 is 0 Å². The Bertz CT molecular complexity index is 622. The van der Waals surface area contributed by atoms with E-state index in [0.717, 1.165) is 10.4 Å². The van der Waals surface area contributed by atoms with Gasteiger partial charge in [0, 0.05) is 19.6 Å². The summed E-state index contributed by atoms with van der Waals surface area (Å²) in [5.41, 5.74) is 0.384. The zero-order valence-electron chi connectivity index (χ0n) is 11.8. The normalized spacial score (nSPS) is 11.6. The largest absolute Gasteiger partial charge is 0.316 e. The van der Waals surface area contributed by atoms with Crippen molar-refractivity contribution in [2.75, 3.05) is 20.1 Å². The van der Waals surface area contributed by atoms with Crippen LogP contribution >= 0.6 is 11.6 Å². The Labute approximate surface area is 130 Å². The Hall–Kier alpha value is -1.21. The summed E-state index contributed by atoms with van der Waals surface area (Å²) in [4.78, 5) is -0.140. The third-order valence-corrected chi connectivity index (χ3v) is 4.98. The van der Waals surface area contributed by atoms with Crippen LogP contribution in [0.1, 0.15) is 5.56 Å². The highest BCUT2D eigenvalue weighted by molar-refractivity contribution is 7.89. The predicted octanol–water partition coefficient (Wildman–Crippen LogP) is 2.56. The molecule has 0 saturated carbocycles. The fourth-order valence-electron chi connectivity index (χ4n) is 1.79. The highest BCUT2D eigenvalue weighted by atomic mass is 35.5. The molecular weight excluding hydrogens is 315 g/mol. The summed E-state index contributed by atoms with van der Waals surface area (Å²) in [6, 6.07) is 2.30. The maximum atomic E-state index is 13.8. The lowest BCUT2D eigenvalue weighted by Gasteiger charge is -2.20. The van der Waals surface area contributed by atoms with Crippen molar-refractivity contribution < 1.29 is 12.8 Å². The zero-order chi connectivity index (χ0) is 16.0. The van der Waals surface area contributed by atoms with Gasteiger partial charge in [0.2, 0.25) is 10.0 Å². The standard InChI is InChI=1S/C14H18ClFN2O2S/c1-4-6-18(7-5-2)21(19,20)12-8-11(10-17-3)14(15)13(16)9-12/h4-5,8-9,17H,1-2,6-7,10H2,3H3. The van der Waals surface area contributed by atoms with Crippen LogP contribution in [0.5, 0.6) is 0 Å². The van der Waals surface area contributed by atoms with Gasteiger partial charge in [0.1, 0.15) is 5.82 Å². The second-order valence-electron chi connectivity index (χ2n) is 4.31. The SMILES string of the molecule is C=CCN(CC=C)S(=O)(=O)c1cc(F)c(Cl)c(CNC)c1. The van der Waals surface area contributed by atoms with Crippen molar-refractivity contribution in [3.05, 3.63) is 53.8 Å². The van der Waals surface area contributed by atoms with Crippen LogP contribution < -0.4 is 5.32 Å². The molecule has 0 saturated heterocycles. The molecule has 0 fully saturated rings. The van der Waals surface area contributed by atoms with E-state index in [0.29, 0.717) is 5.56 Å². The number of nitrogens with one attached hydrogen (secondary N) is 1. The number of hydrogen-bond acceptors (Lipinski definition) is 3. The Morgan fingerprint density at radius 2 is 1.90 bits per heavy atom. The van der Waals surface area contributed by atoms with Crippen molar-refractivity contribution in [2.45, 2.75) is 11.4 Å². The van der Waals surface area contributed by atoms with Crippen molar-refractivity contribution in [3.63, 3.8) is 0 Å². The fraction of sp³-hybridized carbons (Fsp3) is 0.286. The quantitative estimate of drug-likeness (QED) is 0.744. The average molecular weight is 333 g/mol. The van der Waals surface area contributed by atoms with Crippen molar-refractivity contribution >= 4 is 21.6 Å². The second kappa shape index (κ2) is 7.70. The first-order valence-corrected chi connectivity index (χ1v) is 8.04. The summed E-state index contributed by atoms with van der Waals surface area (Å²) in [5.74, 6) is -0.764. The van der Waals surface area contributed by atoms with Gasteiger partial charge < -0.3 is 5.32 Å². The lowest BCUT2D eigenvalue weighted by atomic mass is 10.2. The van der Waals surface area contributed by atoms with Crippen LogP contribution in [-0.4, -0.2) is 32.9 Å². The summed E-state index contributed by atoms with van der Waals surface area (Å²) < 4.78 is 40.1. The maximum absolute atomic E-state index is 13.8. The molecule has 0 aromatic heterocycles. The Morgan fingerprint density at radius 3 is 2.38 bits per heavy atom. The molecule has 0 bridgehead atoms. The molecule has 0 aliphatic rings. The van der Waals surface area contributed by atoms with Gasteiger partial charge in [-0.05, 0) is 24.7 Å². The number of benzene rings is 1. The van der Waals surface area contributed by atoms with Gasteiger partial charge in [0.05, 0.1) is 9.92 Å². The first-order valence-electron chi connectivity index (χ1n) is 6.23. The third kappa shape index (κ3) is 4.14. The molecule has 0 aliphatic carbocycles. The van der Waals surface area contributed by atoms with E-state index < -0.39 is 15.8 Å². The number of hydrogen-bond donors (Lipinski definition) is 1. The molecule has 4 nitrogen and oxygen atoms in total. The number of nitrogens with zero attached hydrogens (tertiary/aromatic N) is 1. The summed E-state index contributed by atoms with van der Waals surface area (Å²) in [7, 11) is -2.18. The Morgan fingerprint density at radius 1 is 1.33 bits per heavy atom. The molecule has 0 aliphatic heterocycles. The smallest absolute Gasteiger partial charge is 0.243 e. The summed E-state index contributed by atoms with van der Waals surface area (Å²) >= 11 is 5.84. The van der Waals surface area contributed by atoms with Crippen molar-refractivity contribution in [1.82, 2.24) is 9.62 Å². The average Bonchev–Trinajstić information content (AvgIpc) is 2.43. The van der Waals surface area contributed by atoms with Crippen LogP contribution in [0.15, 0.2) is 42.3 Å². The second-order valence-corrected chi connectivity index (χ2v) is 6.62. The summed E-state index contributed by atoms with van der Waals surface area (Å²) in [5, 5.41) is 2.74. The van der Waals surface area contributed by atoms with Gasteiger partial charge in [-0.1, -0.05) is 23.8 Å². The zero-order valence-corrected chi connectivity index (χ0v) is 13.3. The van der Waals surface area contributed by atoms with Crippen LogP contribution in [-0.2, 0) is 16.6 Å². The van der Waals surface area contributed by atoms with Crippen molar-refractivity contribution in [3.8, 4) is 0 Å². The number of sulfonamides is 1. The highest BCUT2D eigenvalue weighted by Crippen LogP contribution is 2.26. The van der Waals surface area contributed by atoms with E-state index in [4.69, 9.17) is 11.6 Å². The molecule has 1 N–H and O–H groups in total. The molecule has 21 heavy (non-hydrogen) atoms. The van der Waals surface area contributed by atoms with Crippen molar-refractivity contribution in [1.29, 1.82) is 0 Å². The van der Waals surface area contributed by atoms with E-state index in [9.17, 15) is 12.8 Å². The van der Waals surface area contributed by atoms with Gasteiger partial charge in [-0.3, -0.25) is 0 Å². The van der Waals surface area contributed by atoms with Gasteiger partial charge in [-0.15, -0.1) is 13.2 Å². The molecular formula is C14H18ClFN2O2S. The molecule has 0 amide bonds. The molecule has 0 radical (unpaired) electrons. The Balaban J connectivity index is 3.35. The van der Waals surface area contributed by atoms with Gasteiger partial charge in [-0.2, -0.15) is 4.31 Å². The van der Waals surface area contributed by atoms with Gasteiger partial charge in [0.15, 0.2) is 0 Å². The van der Waals surface area contributed by atoms with Gasteiger partial charge in [0.25, 0.3) is 0 Å². The molecule has 7 heteroatoms. The number of halogens is 2. The maximum Gasteiger partial charge on any atom is 0.243 e. The highest BCUT2D eigenvalue weighted by Gasteiger charge is 2.24. The van der Waals surface area contributed by atoms with Crippen LogP contribution in [0.2, 0.25) is 5.02 Å². The first-order chi connectivity index (χ1) is 9.88. The van der Waals surface area contributed by atoms with Crippen LogP contribution in [0.3, 0.4) is 0 Å². The monoisotopic (exact) mass is 332 g/mol. The van der Waals surface area contributed by atoms with Crippen molar-refractivity contribution in [2.24, 2.45) is 0 Å².